The van der Waals surface area contributed by atoms with Gasteiger partial charge >= 0.3 is 0 Å². The van der Waals surface area contributed by atoms with Crippen molar-refractivity contribution in [2.24, 2.45) is 0 Å². The van der Waals surface area contributed by atoms with Gasteiger partial charge in [0.05, 0.1) is 0 Å². The topological polar surface area (TPSA) is 26.3 Å². The van der Waals surface area contributed by atoms with Crippen molar-refractivity contribution in [2.45, 2.75) is 0 Å². The van der Waals surface area contributed by atoms with Crippen molar-refractivity contribution in [3.05, 3.63) is 109 Å². The van der Waals surface area contributed by atoms with E-state index in [9.17, 15) is 0 Å². The zero-order valence-electron chi connectivity index (χ0n) is 17.2. The fraction of sp³-hybridized carbons (Fsp3) is 0. The van der Waals surface area contributed by atoms with E-state index in [1.54, 1.807) is 0 Å². The smallest absolute Gasteiger partial charge is 0.131 e. The fourth-order valence-corrected chi connectivity index (χ4v) is 4.76. The van der Waals surface area contributed by atoms with Gasteiger partial charge in [-0.3, -0.25) is 0 Å². The molecule has 2 aliphatic carbocycles. The van der Waals surface area contributed by atoms with Crippen molar-refractivity contribution in [2.75, 3.05) is 0 Å². The van der Waals surface area contributed by atoms with E-state index in [0.29, 0.717) is 0 Å². The molecular weight excluding hydrogens is 392 g/mol. The fourth-order valence-electron chi connectivity index (χ4n) is 4.76. The van der Waals surface area contributed by atoms with Crippen LogP contribution in [0.5, 0.6) is 0 Å². The summed E-state index contributed by atoms with van der Waals surface area (Å²) in [4.78, 5) is 0. The lowest BCUT2D eigenvalue weighted by molar-refractivity contribution is 0.653. The number of hydrogen-bond acceptors (Lipinski definition) is 2. The van der Waals surface area contributed by atoms with Crippen molar-refractivity contribution in [1.82, 2.24) is 0 Å². The van der Waals surface area contributed by atoms with E-state index in [2.05, 4.69) is 78.9 Å². The van der Waals surface area contributed by atoms with Crippen LogP contribution < -0.4 is 0 Å². The van der Waals surface area contributed by atoms with E-state index in [0.717, 1.165) is 33.5 Å². The molecular formula is C30H18O2. The molecule has 0 atom stereocenters. The summed E-state index contributed by atoms with van der Waals surface area (Å²) < 4.78 is 12.1. The molecule has 3 aromatic heterocycles. The lowest BCUT2D eigenvalue weighted by Crippen LogP contribution is -1.76. The number of rotatable bonds is 0. The lowest BCUT2D eigenvalue weighted by Gasteiger charge is -2.02. The molecule has 0 fully saturated rings. The Kier molecular flexibility index (Phi) is 3.58. The minimum Gasteiger partial charge on any atom is -0.457 e. The Bertz CT molecular complexity index is 1560. The number of benzene rings is 2. The third kappa shape index (κ3) is 2.74. The first kappa shape index (κ1) is 17.4. The SMILES string of the molecule is c1ccc2c(c1)-c1cc3cc(cc4ccc(cc5ccc(cc-2c1)o5)o4)-c1ccccc1-3. The number of furan rings is 2. The van der Waals surface area contributed by atoms with Crippen molar-refractivity contribution in [3.8, 4) is 44.5 Å². The van der Waals surface area contributed by atoms with Gasteiger partial charge in [-0.1, -0.05) is 48.5 Å². The largest absolute Gasteiger partial charge is 0.457 e. The second-order valence-corrected chi connectivity index (χ2v) is 8.26. The highest BCUT2D eigenvalue weighted by atomic mass is 16.3. The zero-order chi connectivity index (χ0) is 21.1. The Morgan fingerprint density at radius 3 is 1.00 bits per heavy atom. The Labute approximate surface area is 185 Å². The molecule has 7 rings (SSSR count). The summed E-state index contributed by atoms with van der Waals surface area (Å²) in [6.45, 7) is 0. The summed E-state index contributed by atoms with van der Waals surface area (Å²) in [6, 6.07) is 38.0. The van der Waals surface area contributed by atoms with Gasteiger partial charge in [-0.05, 0) is 99.1 Å². The summed E-state index contributed by atoms with van der Waals surface area (Å²) in [5.74, 6) is 0. The first-order valence-electron chi connectivity index (χ1n) is 10.8. The van der Waals surface area contributed by atoms with E-state index in [1.165, 1.54) is 33.4 Å². The standard InChI is InChI=1S/C30H18O2/c1-3-7-29-21-14-19(27(29)5-1)13-20-15-22(30-8-4-2-6-28(20)30)17-24-10-12-26(32-24)18-25-11-9-23(16-21)31-25/h1-18H. The molecule has 0 unspecified atom stereocenters. The van der Waals surface area contributed by atoms with E-state index < -0.39 is 0 Å². The normalized spacial score (nSPS) is 11.8. The first-order chi connectivity index (χ1) is 15.8. The third-order valence-electron chi connectivity index (χ3n) is 6.21. The van der Waals surface area contributed by atoms with Crippen LogP contribution in [0.25, 0.3) is 66.8 Å². The Hall–Kier alpha value is -4.30. The lowest BCUT2D eigenvalue weighted by atomic mass is 10.0. The van der Waals surface area contributed by atoms with Crippen molar-refractivity contribution in [1.29, 1.82) is 0 Å². The molecule has 0 spiro atoms. The molecule has 0 radical (unpaired) electrons. The predicted octanol–water partition coefficient (Wildman–Crippen LogP) is 8.72. The second-order valence-electron chi connectivity index (χ2n) is 8.26. The van der Waals surface area contributed by atoms with Gasteiger partial charge in [0.25, 0.3) is 0 Å². The number of hydrogen-bond donors (Lipinski definition) is 0. The molecule has 0 saturated carbocycles. The van der Waals surface area contributed by atoms with E-state index in [-0.39, 0.29) is 0 Å². The van der Waals surface area contributed by atoms with Gasteiger partial charge in [0.1, 0.15) is 22.3 Å². The van der Waals surface area contributed by atoms with Crippen LogP contribution in [0.15, 0.2) is 118 Å². The minimum atomic E-state index is 0.771. The van der Waals surface area contributed by atoms with Crippen LogP contribution in [-0.2, 0) is 0 Å². The quantitative estimate of drug-likeness (QED) is 0.250. The summed E-state index contributed by atoms with van der Waals surface area (Å²) >= 11 is 0. The van der Waals surface area contributed by atoms with Gasteiger partial charge < -0.3 is 8.83 Å². The minimum absolute atomic E-state index is 0.771. The highest BCUT2D eigenvalue weighted by Crippen LogP contribution is 2.43. The van der Waals surface area contributed by atoms with Gasteiger partial charge in [-0.2, -0.15) is 0 Å². The molecule has 0 amide bonds. The zero-order valence-corrected chi connectivity index (χ0v) is 17.2. The molecule has 0 aliphatic heterocycles. The van der Waals surface area contributed by atoms with Crippen LogP contribution in [0.1, 0.15) is 0 Å². The molecule has 150 valence electrons. The molecule has 8 bridgehead atoms. The second kappa shape index (κ2) is 6.60. The average molecular weight is 410 g/mol. The maximum Gasteiger partial charge on any atom is 0.131 e. The highest BCUT2D eigenvalue weighted by Gasteiger charge is 2.17. The maximum absolute atomic E-state index is 6.06. The monoisotopic (exact) mass is 410 g/mol. The van der Waals surface area contributed by atoms with Crippen LogP contribution in [0.2, 0.25) is 0 Å². The van der Waals surface area contributed by atoms with Gasteiger partial charge in [0, 0.05) is 6.07 Å². The van der Waals surface area contributed by atoms with Crippen LogP contribution in [0.3, 0.4) is 0 Å². The van der Waals surface area contributed by atoms with Crippen molar-refractivity contribution in [3.63, 3.8) is 0 Å². The molecule has 2 aromatic carbocycles. The summed E-state index contributed by atoms with van der Waals surface area (Å²) in [7, 11) is 0. The summed E-state index contributed by atoms with van der Waals surface area (Å²) in [5, 5.41) is 0. The molecule has 2 nitrogen and oxygen atoms in total. The average Bonchev–Trinajstić information content (AvgIpc) is 3.58. The Morgan fingerprint density at radius 1 is 0.312 bits per heavy atom. The third-order valence-corrected chi connectivity index (χ3v) is 6.21. The molecule has 0 N–H and O–H groups in total. The molecule has 0 saturated heterocycles. The van der Waals surface area contributed by atoms with Crippen molar-refractivity contribution >= 4 is 22.3 Å². The van der Waals surface area contributed by atoms with Gasteiger partial charge in [0.2, 0.25) is 0 Å². The Morgan fingerprint density at radius 2 is 0.625 bits per heavy atom. The summed E-state index contributed by atoms with van der Waals surface area (Å²) in [6.07, 6.45) is 0. The first-order valence-corrected chi connectivity index (χ1v) is 10.8. The molecule has 5 aromatic rings. The van der Waals surface area contributed by atoms with Crippen LogP contribution in [-0.4, -0.2) is 0 Å². The Balaban J connectivity index is 1.63. The van der Waals surface area contributed by atoms with E-state index in [4.69, 9.17) is 8.83 Å². The maximum atomic E-state index is 6.06. The van der Waals surface area contributed by atoms with E-state index >= 15 is 0 Å². The molecule has 2 heteroatoms. The highest BCUT2D eigenvalue weighted by molar-refractivity contribution is 5.96. The molecule has 2 aliphatic rings. The van der Waals surface area contributed by atoms with E-state index in [1.807, 2.05) is 30.3 Å². The van der Waals surface area contributed by atoms with Crippen LogP contribution >= 0.6 is 0 Å². The van der Waals surface area contributed by atoms with Crippen LogP contribution in [0.4, 0.5) is 0 Å². The van der Waals surface area contributed by atoms with Gasteiger partial charge in [-0.25, -0.2) is 0 Å². The van der Waals surface area contributed by atoms with Crippen molar-refractivity contribution < 1.29 is 8.83 Å². The van der Waals surface area contributed by atoms with Gasteiger partial charge in [-0.15, -0.1) is 0 Å². The number of fused-ring (bicyclic) bond motifs is 14. The molecule has 3 heterocycles. The summed E-state index contributed by atoms with van der Waals surface area (Å²) in [5.41, 5.74) is 12.9. The molecule has 32 heavy (non-hydrogen) atoms. The van der Waals surface area contributed by atoms with Crippen LogP contribution in [0, 0.1) is 0 Å². The van der Waals surface area contributed by atoms with Gasteiger partial charge in [0.15, 0.2) is 0 Å². The predicted molar refractivity (Wildman–Crippen MR) is 130 cm³/mol.